The number of hydrogen-bond acceptors (Lipinski definition) is 9. The molecule has 210 valence electrons. The zero-order valence-electron chi connectivity index (χ0n) is 22.6. The topological polar surface area (TPSA) is 141 Å². The van der Waals surface area contributed by atoms with E-state index in [1.807, 2.05) is 26.0 Å². The lowest BCUT2D eigenvalue weighted by Gasteiger charge is -2.39. The molecule has 1 N–H and O–H groups in total. The highest BCUT2D eigenvalue weighted by Crippen LogP contribution is 2.33. The first-order chi connectivity index (χ1) is 18.2. The highest BCUT2D eigenvalue weighted by atomic mass is 32.2. The molecule has 0 radical (unpaired) electrons. The summed E-state index contributed by atoms with van der Waals surface area (Å²) in [6, 6.07) is 5.82. The van der Waals surface area contributed by atoms with Crippen LogP contribution in [0.3, 0.4) is 0 Å². The van der Waals surface area contributed by atoms with E-state index in [1.54, 1.807) is 26.0 Å². The number of halogens is 1. The smallest absolute Gasteiger partial charge is 0.347 e. The van der Waals surface area contributed by atoms with Crippen LogP contribution in [0.4, 0.5) is 10.3 Å². The predicted octanol–water partition coefficient (Wildman–Crippen LogP) is 3.64. The zero-order valence-corrected chi connectivity index (χ0v) is 23.5. The molecule has 4 rings (SSSR count). The molecule has 0 bridgehead atoms. The molecule has 0 saturated carbocycles. The van der Waals surface area contributed by atoms with Gasteiger partial charge in [0.1, 0.15) is 11.6 Å². The van der Waals surface area contributed by atoms with Crippen LogP contribution in [0.5, 0.6) is 0 Å². The maximum Gasteiger partial charge on any atom is 0.459 e. The lowest BCUT2D eigenvalue weighted by atomic mass is 9.97. The van der Waals surface area contributed by atoms with Crippen molar-refractivity contribution >= 4 is 22.0 Å². The summed E-state index contributed by atoms with van der Waals surface area (Å²) in [6.45, 7) is 7.49. The molecular formula is C26H32FN5O6S. The third-order valence-corrected chi connectivity index (χ3v) is 7.33. The Bertz CT molecular complexity index is 1510. The molecular weight excluding hydrogens is 529 g/mol. The minimum absolute atomic E-state index is 0.0165. The number of anilines is 1. The minimum atomic E-state index is -3.63. The van der Waals surface area contributed by atoms with E-state index in [1.165, 1.54) is 19.2 Å². The van der Waals surface area contributed by atoms with Gasteiger partial charge >= 0.3 is 5.76 Å². The van der Waals surface area contributed by atoms with Gasteiger partial charge in [-0.2, -0.15) is 4.98 Å². The lowest BCUT2D eigenvalue weighted by molar-refractivity contribution is -0.289. The van der Waals surface area contributed by atoms with Crippen LogP contribution >= 0.6 is 0 Å². The SMILES string of the molecule is CC(C)c1nc(N(C)S(C)(=O)=O)nc(-c2ccc(F)cc2)c1/C=C/[C@@H]1C[C@H](Cc2nc(=O)o[nH]2)OC(C)(C)O1. The summed E-state index contributed by atoms with van der Waals surface area (Å²) in [4.78, 5) is 24.3. The van der Waals surface area contributed by atoms with Crippen LogP contribution in [0.2, 0.25) is 0 Å². The largest absolute Gasteiger partial charge is 0.459 e. The van der Waals surface area contributed by atoms with E-state index in [0.29, 0.717) is 41.2 Å². The quantitative estimate of drug-likeness (QED) is 0.436. The van der Waals surface area contributed by atoms with E-state index in [9.17, 15) is 17.6 Å². The van der Waals surface area contributed by atoms with Crippen molar-refractivity contribution in [2.24, 2.45) is 0 Å². The Hall–Kier alpha value is -3.42. The Kier molecular flexibility index (Phi) is 8.05. The summed E-state index contributed by atoms with van der Waals surface area (Å²) in [5.74, 6) is -1.72. The van der Waals surface area contributed by atoms with Crippen molar-refractivity contribution < 1.29 is 26.8 Å². The number of aromatic amines is 1. The fourth-order valence-electron chi connectivity index (χ4n) is 4.35. The van der Waals surface area contributed by atoms with Crippen molar-refractivity contribution in [2.75, 3.05) is 17.6 Å². The Labute approximate surface area is 226 Å². The maximum atomic E-state index is 13.7. The van der Waals surface area contributed by atoms with Crippen molar-refractivity contribution in [3.8, 4) is 11.3 Å². The second kappa shape index (κ2) is 11.0. The number of nitrogens with zero attached hydrogens (tertiary/aromatic N) is 4. The molecule has 1 aliphatic heterocycles. The average molecular weight is 562 g/mol. The van der Waals surface area contributed by atoms with Gasteiger partial charge in [0.25, 0.3) is 0 Å². The van der Waals surface area contributed by atoms with Crippen LogP contribution in [-0.2, 0) is 25.9 Å². The summed E-state index contributed by atoms with van der Waals surface area (Å²) >= 11 is 0. The Morgan fingerprint density at radius 3 is 2.46 bits per heavy atom. The van der Waals surface area contributed by atoms with E-state index in [-0.39, 0.29) is 24.1 Å². The van der Waals surface area contributed by atoms with Gasteiger partial charge in [0, 0.05) is 31.0 Å². The number of nitrogens with one attached hydrogen (secondary N) is 1. The van der Waals surface area contributed by atoms with E-state index >= 15 is 0 Å². The Balaban J connectivity index is 1.75. The van der Waals surface area contributed by atoms with Crippen LogP contribution in [0.15, 0.2) is 39.7 Å². The summed E-state index contributed by atoms with van der Waals surface area (Å²) in [5, 5.41) is 2.50. The molecule has 0 spiro atoms. The highest BCUT2D eigenvalue weighted by molar-refractivity contribution is 7.92. The van der Waals surface area contributed by atoms with E-state index in [2.05, 4.69) is 24.6 Å². The summed E-state index contributed by atoms with van der Waals surface area (Å²) in [6.07, 6.45) is 4.90. The maximum absolute atomic E-state index is 13.7. The molecule has 0 aliphatic carbocycles. The normalized spacial score (nSPS) is 19.6. The van der Waals surface area contributed by atoms with Gasteiger partial charge < -0.3 is 14.0 Å². The van der Waals surface area contributed by atoms with E-state index in [0.717, 1.165) is 10.6 Å². The molecule has 1 aliphatic rings. The van der Waals surface area contributed by atoms with Crippen LogP contribution < -0.4 is 10.1 Å². The van der Waals surface area contributed by atoms with Crippen LogP contribution in [0.1, 0.15) is 57.1 Å². The predicted molar refractivity (Wildman–Crippen MR) is 143 cm³/mol. The molecule has 39 heavy (non-hydrogen) atoms. The second-order valence-corrected chi connectivity index (χ2v) is 12.2. The number of ether oxygens (including phenoxy) is 2. The first kappa shape index (κ1) is 28.6. The molecule has 1 fully saturated rings. The molecule has 2 atom stereocenters. The van der Waals surface area contributed by atoms with Gasteiger partial charge in [0.15, 0.2) is 5.79 Å². The minimum Gasteiger partial charge on any atom is -0.347 e. The van der Waals surface area contributed by atoms with Crippen LogP contribution in [-0.4, -0.2) is 59.8 Å². The molecule has 0 amide bonds. The fraction of sp³-hybridized carbons (Fsp3) is 0.462. The van der Waals surface area contributed by atoms with Crippen molar-refractivity contribution in [1.82, 2.24) is 20.1 Å². The van der Waals surface area contributed by atoms with Crippen molar-refractivity contribution in [3.63, 3.8) is 0 Å². The number of benzene rings is 1. The van der Waals surface area contributed by atoms with Crippen LogP contribution in [0.25, 0.3) is 17.3 Å². The van der Waals surface area contributed by atoms with Gasteiger partial charge in [-0.25, -0.2) is 37.0 Å². The van der Waals surface area contributed by atoms with E-state index < -0.39 is 27.4 Å². The molecule has 1 saturated heterocycles. The van der Waals surface area contributed by atoms with Gasteiger partial charge in [-0.15, -0.1) is 0 Å². The number of hydrogen-bond donors (Lipinski definition) is 1. The average Bonchev–Trinajstić information content (AvgIpc) is 3.25. The van der Waals surface area contributed by atoms with Crippen molar-refractivity contribution in [2.45, 2.75) is 64.4 Å². The lowest BCUT2D eigenvalue weighted by Crippen LogP contribution is -2.44. The number of aromatic nitrogens is 4. The third kappa shape index (κ3) is 6.97. The molecule has 13 heteroatoms. The van der Waals surface area contributed by atoms with Crippen molar-refractivity contribution in [3.05, 3.63) is 63.8 Å². The number of H-pyrrole nitrogens is 1. The van der Waals surface area contributed by atoms with Gasteiger partial charge in [-0.05, 0) is 44.0 Å². The molecule has 11 nitrogen and oxygen atoms in total. The first-order valence-corrected chi connectivity index (χ1v) is 14.3. The molecule has 3 aromatic rings. The number of rotatable bonds is 8. The first-order valence-electron chi connectivity index (χ1n) is 12.4. The fourth-order valence-corrected chi connectivity index (χ4v) is 4.73. The molecule has 3 heterocycles. The highest BCUT2D eigenvalue weighted by Gasteiger charge is 2.35. The van der Waals surface area contributed by atoms with Gasteiger partial charge in [0.05, 0.1) is 29.9 Å². The Morgan fingerprint density at radius 2 is 1.87 bits per heavy atom. The Morgan fingerprint density at radius 1 is 1.18 bits per heavy atom. The van der Waals surface area contributed by atoms with E-state index in [4.69, 9.17) is 9.47 Å². The monoisotopic (exact) mass is 561 g/mol. The standard InChI is InChI=1S/C26H32FN5O6S/c1-15(2)22-20(12-11-18-13-19(37-26(3,4)36-18)14-21-28-25(33)38-31-21)23(16-7-9-17(27)10-8-16)30-24(29-22)32(5)39(6,34)35/h7-12,15,18-19H,13-14H2,1-6H3,(H,28,31,33)/b12-11+/t18-,19-/m1/s1. The van der Waals surface area contributed by atoms with Gasteiger partial charge in [-0.1, -0.05) is 26.0 Å². The molecule has 1 aromatic carbocycles. The molecule has 0 unspecified atom stereocenters. The van der Waals surface area contributed by atoms with Crippen molar-refractivity contribution in [1.29, 1.82) is 0 Å². The van der Waals surface area contributed by atoms with Gasteiger partial charge in [-0.3, -0.25) is 0 Å². The third-order valence-electron chi connectivity index (χ3n) is 6.17. The number of sulfonamides is 1. The molecule has 2 aromatic heterocycles. The zero-order chi connectivity index (χ0) is 28.5. The summed E-state index contributed by atoms with van der Waals surface area (Å²) in [7, 11) is -2.24. The summed E-state index contributed by atoms with van der Waals surface area (Å²) < 4.78 is 56.1. The van der Waals surface area contributed by atoms with Crippen LogP contribution in [0, 0.1) is 5.82 Å². The summed E-state index contributed by atoms with van der Waals surface area (Å²) in [5.41, 5.74) is 2.34. The second-order valence-electron chi connectivity index (χ2n) is 10.2. The van der Waals surface area contributed by atoms with Gasteiger partial charge in [0.2, 0.25) is 16.0 Å².